The number of carbonyl (C=O) groups is 1. The zero-order chi connectivity index (χ0) is 15.5. The Hall–Kier alpha value is -2.89. The summed E-state index contributed by atoms with van der Waals surface area (Å²) in [6.07, 6.45) is 2.15. The van der Waals surface area contributed by atoms with Crippen molar-refractivity contribution in [2.45, 2.75) is 20.3 Å². The van der Waals surface area contributed by atoms with E-state index in [1.807, 2.05) is 13.8 Å². The fourth-order valence-electron chi connectivity index (χ4n) is 2.14. The van der Waals surface area contributed by atoms with Gasteiger partial charge < -0.3 is 14.3 Å². The molecular formula is C16H15N3O3. The molecule has 0 bridgehead atoms. The maximum atomic E-state index is 12.1. The molecule has 0 unspecified atom stereocenters. The molecule has 1 N–H and O–H groups in total. The molecule has 0 saturated carbocycles. The number of aryl methyl sites for hydroxylation is 2. The van der Waals surface area contributed by atoms with E-state index >= 15 is 0 Å². The summed E-state index contributed by atoms with van der Waals surface area (Å²) in [6.45, 7) is 3.73. The Morgan fingerprint density at radius 3 is 2.77 bits per heavy atom. The predicted octanol–water partition coefficient (Wildman–Crippen LogP) is 3.12. The third-order valence-electron chi connectivity index (χ3n) is 3.32. The summed E-state index contributed by atoms with van der Waals surface area (Å²) in [4.78, 5) is 16.1. The van der Waals surface area contributed by atoms with E-state index in [2.05, 4.69) is 15.5 Å². The van der Waals surface area contributed by atoms with Crippen LogP contribution in [0.1, 0.15) is 33.3 Å². The lowest BCUT2D eigenvalue weighted by Gasteiger charge is -2.01. The van der Waals surface area contributed by atoms with Crippen molar-refractivity contribution in [3.63, 3.8) is 0 Å². The number of anilines is 1. The van der Waals surface area contributed by atoms with Gasteiger partial charge in [0.25, 0.3) is 5.91 Å². The molecule has 6 heteroatoms. The standard InChI is InChI=1S/C16H15N3O3/c1-10-13(11(2)22-19-10)9-12-6-7-14(21-12)16(20)18-15-5-3-4-8-17-15/h3-8H,9H2,1-2H3,(H,17,18,20). The molecule has 0 fully saturated rings. The summed E-state index contributed by atoms with van der Waals surface area (Å²) in [7, 11) is 0. The van der Waals surface area contributed by atoms with Gasteiger partial charge in [-0.25, -0.2) is 4.98 Å². The van der Waals surface area contributed by atoms with Gasteiger partial charge in [0.05, 0.1) is 5.69 Å². The highest BCUT2D eigenvalue weighted by atomic mass is 16.5. The minimum absolute atomic E-state index is 0.243. The topological polar surface area (TPSA) is 81.2 Å². The number of pyridine rings is 1. The van der Waals surface area contributed by atoms with Crippen LogP contribution >= 0.6 is 0 Å². The van der Waals surface area contributed by atoms with E-state index in [9.17, 15) is 4.79 Å². The SMILES string of the molecule is Cc1noc(C)c1Cc1ccc(C(=O)Nc2ccccn2)o1. The molecule has 0 aliphatic carbocycles. The van der Waals surface area contributed by atoms with Crippen molar-refractivity contribution in [3.8, 4) is 0 Å². The molecule has 0 aliphatic rings. The Kier molecular flexibility index (Phi) is 3.74. The van der Waals surface area contributed by atoms with E-state index in [-0.39, 0.29) is 11.7 Å². The maximum Gasteiger partial charge on any atom is 0.292 e. The molecule has 3 heterocycles. The van der Waals surface area contributed by atoms with E-state index in [4.69, 9.17) is 8.94 Å². The van der Waals surface area contributed by atoms with Crippen molar-refractivity contribution in [1.82, 2.24) is 10.1 Å². The summed E-state index contributed by atoms with van der Waals surface area (Å²) in [5.74, 6) is 1.83. The van der Waals surface area contributed by atoms with Crippen LogP contribution in [0.3, 0.4) is 0 Å². The molecule has 0 saturated heterocycles. The molecule has 1 amide bonds. The Morgan fingerprint density at radius 1 is 1.23 bits per heavy atom. The molecule has 22 heavy (non-hydrogen) atoms. The van der Waals surface area contributed by atoms with Crippen LogP contribution in [0.15, 0.2) is 45.5 Å². The van der Waals surface area contributed by atoms with Crippen LogP contribution in [-0.2, 0) is 6.42 Å². The monoisotopic (exact) mass is 297 g/mol. The molecule has 3 aromatic rings. The van der Waals surface area contributed by atoms with Gasteiger partial charge in [-0.2, -0.15) is 0 Å². The van der Waals surface area contributed by atoms with Crippen LogP contribution in [0.5, 0.6) is 0 Å². The van der Waals surface area contributed by atoms with Gasteiger partial charge in [0.15, 0.2) is 5.76 Å². The Morgan fingerprint density at radius 2 is 2.09 bits per heavy atom. The molecule has 0 aliphatic heterocycles. The van der Waals surface area contributed by atoms with Crippen LogP contribution in [-0.4, -0.2) is 16.0 Å². The molecule has 6 nitrogen and oxygen atoms in total. The van der Waals surface area contributed by atoms with Crippen molar-refractivity contribution in [2.24, 2.45) is 0 Å². The largest absolute Gasteiger partial charge is 0.456 e. The van der Waals surface area contributed by atoms with E-state index in [0.717, 1.165) is 17.0 Å². The number of aromatic nitrogens is 2. The van der Waals surface area contributed by atoms with Crippen molar-refractivity contribution in [2.75, 3.05) is 5.32 Å². The second-order valence-electron chi connectivity index (χ2n) is 4.91. The number of nitrogens with zero attached hydrogens (tertiary/aromatic N) is 2. The van der Waals surface area contributed by atoms with E-state index in [1.165, 1.54) is 0 Å². The van der Waals surface area contributed by atoms with E-state index < -0.39 is 0 Å². The highest BCUT2D eigenvalue weighted by Gasteiger charge is 2.15. The van der Waals surface area contributed by atoms with E-state index in [0.29, 0.717) is 18.0 Å². The van der Waals surface area contributed by atoms with Gasteiger partial charge in [-0.15, -0.1) is 0 Å². The Bertz CT molecular complexity index is 771. The first-order valence-corrected chi connectivity index (χ1v) is 6.86. The molecule has 0 radical (unpaired) electrons. The highest BCUT2D eigenvalue weighted by Crippen LogP contribution is 2.19. The van der Waals surface area contributed by atoms with Gasteiger partial charge in [0, 0.05) is 18.2 Å². The molecular weight excluding hydrogens is 282 g/mol. The fourth-order valence-corrected chi connectivity index (χ4v) is 2.14. The third kappa shape index (κ3) is 2.90. The number of hydrogen-bond donors (Lipinski definition) is 1. The average molecular weight is 297 g/mol. The number of furan rings is 1. The van der Waals surface area contributed by atoms with E-state index in [1.54, 1.807) is 36.5 Å². The number of hydrogen-bond acceptors (Lipinski definition) is 5. The van der Waals surface area contributed by atoms with Gasteiger partial charge in [0.2, 0.25) is 0 Å². The van der Waals surface area contributed by atoms with Gasteiger partial charge in [-0.05, 0) is 38.1 Å². The lowest BCUT2D eigenvalue weighted by Crippen LogP contribution is -2.11. The van der Waals surface area contributed by atoms with Crippen LogP contribution in [0.4, 0.5) is 5.82 Å². The number of rotatable bonds is 4. The normalized spacial score (nSPS) is 10.6. The smallest absolute Gasteiger partial charge is 0.292 e. The molecule has 0 atom stereocenters. The lowest BCUT2D eigenvalue weighted by molar-refractivity contribution is 0.0994. The average Bonchev–Trinajstić information content (AvgIpc) is 3.11. The molecule has 112 valence electrons. The quantitative estimate of drug-likeness (QED) is 0.800. The summed E-state index contributed by atoms with van der Waals surface area (Å²) in [6, 6.07) is 8.72. The van der Waals surface area contributed by atoms with Crippen LogP contribution in [0.25, 0.3) is 0 Å². The summed E-state index contributed by atoms with van der Waals surface area (Å²) >= 11 is 0. The van der Waals surface area contributed by atoms with Crippen LogP contribution < -0.4 is 5.32 Å². The second-order valence-corrected chi connectivity index (χ2v) is 4.91. The molecule has 3 rings (SSSR count). The molecule has 0 spiro atoms. The summed E-state index contributed by atoms with van der Waals surface area (Å²) in [5, 5.41) is 6.58. The highest BCUT2D eigenvalue weighted by molar-refractivity contribution is 6.01. The number of amides is 1. The third-order valence-corrected chi connectivity index (χ3v) is 3.32. The molecule has 0 aromatic carbocycles. The number of carbonyl (C=O) groups excluding carboxylic acids is 1. The first-order chi connectivity index (χ1) is 10.6. The fraction of sp³-hybridized carbons (Fsp3) is 0.188. The first-order valence-electron chi connectivity index (χ1n) is 6.86. The second kappa shape index (κ2) is 5.85. The summed E-state index contributed by atoms with van der Waals surface area (Å²) in [5.41, 5.74) is 1.81. The van der Waals surface area contributed by atoms with Gasteiger partial charge in [0.1, 0.15) is 17.3 Å². The first kappa shape index (κ1) is 14.1. The van der Waals surface area contributed by atoms with Crippen molar-refractivity contribution in [1.29, 1.82) is 0 Å². The van der Waals surface area contributed by atoms with Crippen molar-refractivity contribution < 1.29 is 13.7 Å². The zero-order valence-electron chi connectivity index (χ0n) is 12.3. The minimum Gasteiger partial charge on any atom is -0.456 e. The minimum atomic E-state index is -0.330. The van der Waals surface area contributed by atoms with Gasteiger partial charge in [-0.3, -0.25) is 4.79 Å². The van der Waals surface area contributed by atoms with Gasteiger partial charge in [-0.1, -0.05) is 11.2 Å². The van der Waals surface area contributed by atoms with Crippen molar-refractivity contribution >= 4 is 11.7 Å². The molecule has 3 aromatic heterocycles. The van der Waals surface area contributed by atoms with Crippen LogP contribution in [0.2, 0.25) is 0 Å². The Labute approximate surface area is 127 Å². The number of nitrogens with one attached hydrogen (secondary N) is 1. The zero-order valence-corrected chi connectivity index (χ0v) is 12.3. The Balaban J connectivity index is 1.72. The predicted molar refractivity (Wildman–Crippen MR) is 79.7 cm³/mol. The summed E-state index contributed by atoms with van der Waals surface area (Å²) < 4.78 is 10.7. The van der Waals surface area contributed by atoms with Crippen molar-refractivity contribution in [3.05, 3.63) is 65.1 Å². The maximum absolute atomic E-state index is 12.1. The van der Waals surface area contributed by atoms with Gasteiger partial charge >= 0.3 is 0 Å². The van der Waals surface area contributed by atoms with Crippen LogP contribution in [0, 0.1) is 13.8 Å². The lowest BCUT2D eigenvalue weighted by atomic mass is 10.1.